The van der Waals surface area contributed by atoms with Crippen molar-refractivity contribution in [2.45, 2.75) is 70.6 Å². The van der Waals surface area contributed by atoms with Crippen molar-refractivity contribution in [3.05, 3.63) is 128 Å². The fourth-order valence-corrected chi connectivity index (χ4v) is 7.17. The summed E-state index contributed by atoms with van der Waals surface area (Å²) in [5, 5.41) is 10.2. The van der Waals surface area contributed by atoms with Crippen molar-refractivity contribution in [3.63, 3.8) is 0 Å². The zero-order valence-electron chi connectivity index (χ0n) is 27.3. The number of amides is 1. The first-order valence-corrected chi connectivity index (χ1v) is 16.0. The molecule has 2 atom stereocenters. The van der Waals surface area contributed by atoms with Crippen LogP contribution in [0.1, 0.15) is 90.5 Å². The van der Waals surface area contributed by atoms with E-state index in [-0.39, 0.29) is 34.0 Å². The van der Waals surface area contributed by atoms with Gasteiger partial charge in [-0.1, -0.05) is 55.3 Å². The second-order valence-corrected chi connectivity index (χ2v) is 13.6. The summed E-state index contributed by atoms with van der Waals surface area (Å²) in [5.41, 5.74) is 5.66. The fourth-order valence-electron chi connectivity index (χ4n) is 7.17. The molecule has 2 bridgehead atoms. The number of fused-ring (bicyclic) bond motifs is 2. The SMILES string of the molecule is Cc1cc(C(=O)c2cc3c(=O)n(c2N)C3(c2ccccc2)N(C(=O)OC(C)(C)C)c2ccc(C(C(=O)O)C3CCCC3)cc2)ccc1F. The van der Waals surface area contributed by atoms with Gasteiger partial charge in [0, 0.05) is 11.1 Å². The first kappa shape index (κ1) is 32.7. The highest BCUT2D eigenvalue weighted by Crippen LogP contribution is 2.47. The Balaban J connectivity index is 1.54. The van der Waals surface area contributed by atoms with E-state index in [9.17, 15) is 28.7 Å². The molecule has 1 aromatic heterocycles. The van der Waals surface area contributed by atoms with Crippen LogP contribution in [0.2, 0.25) is 0 Å². The lowest BCUT2D eigenvalue weighted by Crippen LogP contribution is -2.68. The second kappa shape index (κ2) is 12.1. The zero-order chi connectivity index (χ0) is 34.5. The van der Waals surface area contributed by atoms with Gasteiger partial charge in [-0.3, -0.25) is 19.0 Å². The molecule has 3 aliphatic rings. The van der Waals surface area contributed by atoms with E-state index in [4.69, 9.17) is 10.5 Å². The van der Waals surface area contributed by atoms with Crippen LogP contribution in [0.25, 0.3) is 0 Å². The smallest absolute Gasteiger partial charge is 0.417 e. The molecular formula is C38H38FN3O6. The monoisotopic (exact) mass is 651 g/mol. The number of pyridine rings is 1. The Morgan fingerprint density at radius 2 is 1.65 bits per heavy atom. The van der Waals surface area contributed by atoms with Crippen LogP contribution in [0, 0.1) is 18.7 Å². The highest BCUT2D eigenvalue weighted by molar-refractivity contribution is 6.12. The summed E-state index contributed by atoms with van der Waals surface area (Å²) in [6.45, 7) is 6.72. The van der Waals surface area contributed by atoms with Crippen molar-refractivity contribution in [1.29, 1.82) is 0 Å². The molecule has 48 heavy (non-hydrogen) atoms. The number of nitrogens with two attached hydrogens (primary N) is 1. The van der Waals surface area contributed by atoms with Gasteiger partial charge in [0.2, 0.25) is 0 Å². The first-order chi connectivity index (χ1) is 22.8. The summed E-state index contributed by atoms with van der Waals surface area (Å²) in [6, 6.07) is 20.9. The normalized spacial score (nSPS) is 17.8. The molecule has 0 saturated heterocycles. The number of carboxylic acid groups (broad SMARTS) is 1. The summed E-state index contributed by atoms with van der Waals surface area (Å²) >= 11 is 0. The summed E-state index contributed by atoms with van der Waals surface area (Å²) in [6.07, 6.45) is 2.84. The van der Waals surface area contributed by atoms with Crippen molar-refractivity contribution >= 4 is 29.4 Å². The highest BCUT2D eigenvalue weighted by Gasteiger charge is 2.57. The molecule has 1 aliphatic carbocycles. The Kier molecular flexibility index (Phi) is 8.23. The third-order valence-corrected chi connectivity index (χ3v) is 9.33. The lowest BCUT2D eigenvalue weighted by atomic mass is 9.81. The number of nitrogen functional groups attached to an aromatic ring is 1. The lowest BCUT2D eigenvalue weighted by Gasteiger charge is -2.51. The number of anilines is 2. The van der Waals surface area contributed by atoms with Crippen LogP contribution in [0.4, 0.5) is 20.7 Å². The van der Waals surface area contributed by atoms with Crippen molar-refractivity contribution in [3.8, 4) is 0 Å². The number of ether oxygens (including phenoxy) is 1. The number of aromatic nitrogens is 1. The van der Waals surface area contributed by atoms with Crippen LogP contribution in [0.5, 0.6) is 0 Å². The van der Waals surface area contributed by atoms with Crippen molar-refractivity contribution in [2.75, 3.05) is 10.6 Å². The number of halogens is 1. The van der Waals surface area contributed by atoms with E-state index < -0.39 is 46.4 Å². The van der Waals surface area contributed by atoms with Crippen LogP contribution >= 0.6 is 0 Å². The number of hydrogen-bond donors (Lipinski definition) is 2. The van der Waals surface area contributed by atoms with Gasteiger partial charge in [0.25, 0.3) is 5.56 Å². The van der Waals surface area contributed by atoms with Crippen LogP contribution < -0.4 is 16.2 Å². The Bertz CT molecular complexity index is 1980. The van der Waals surface area contributed by atoms with Gasteiger partial charge in [-0.05, 0) is 94.0 Å². The number of carboxylic acids is 1. The second-order valence-electron chi connectivity index (χ2n) is 13.6. The summed E-state index contributed by atoms with van der Waals surface area (Å²) in [7, 11) is 0. The van der Waals surface area contributed by atoms with Gasteiger partial charge in [0.15, 0.2) is 11.4 Å². The highest BCUT2D eigenvalue weighted by atomic mass is 19.1. The average molecular weight is 652 g/mol. The van der Waals surface area contributed by atoms with E-state index in [0.717, 1.165) is 25.7 Å². The molecule has 3 aromatic carbocycles. The predicted octanol–water partition coefficient (Wildman–Crippen LogP) is 6.97. The average Bonchev–Trinajstić information content (AvgIpc) is 3.56. The van der Waals surface area contributed by atoms with E-state index in [0.29, 0.717) is 16.8 Å². The lowest BCUT2D eigenvalue weighted by molar-refractivity contribution is -0.140. The number of hydrogen-bond acceptors (Lipinski definition) is 6. The number of rotatable bonds is 8. The standard InChI is InChI=1S/C38H38FN3O6/c1-22-20-25(16-19-30(22)39)32(43)28-21-29-34(44)42(33(28)40)38(29,26-12-6-5-7-13-26)41(36(47)48-37(2,3)4)27-17-14-24(15-18-27)31(35(45)46)23-10-8-9-11-23/h5-7,12-21,23,31H,8-11,40H2,1-4H3,(H,45,46). The van der Waals surface area contributed by atoms with Crippen LogP contribution in [0.3, 0.4) is 0 Å². The number of ketones is 1. The Hall–Kier alpha value is -5.25. The van der Waals surface area contributed by atoms with Gasteiger partial charge in [-0.25, -0.2) is 14.1 Å². The topological polar surface area (TPSA) is 132 Å². The molecule has 7 rings (SSSR count). The van der Waals surface area contributed by atoms with Gasteiger partial charge in [0.05, 0.1) is 22.7 Å². The number of carbonyl (C=O) groups excluding carboxylic acids is 2. The first-order valence-electron chi connectivity index (χ1n) is 16.0. The van der Waals surface area contributed by atoms with E-state index in [2.05, 4.69) is 0 Å². The number of carbonyl (C=O) groups is 3. The molecule has 248 valence electrons. The maximum atomic E-state index is 14.3. The number of aliphatic carboxylic acids is 1. The van der Waals surface area contributed by atoms with Gasteiger partial charge in [-0.15, -0.1) is 0 Å². The number of nitrogens with zero attached hydrogens (tertiary/aromatic N) is 2. The Labute approximate surface area is 277 Å². The van der Waals surface area contributed by atoms with E-state index in [1.165, 1.54) is 33.7 Å². The van der Waals surface area contributed by atoms with E-state index >= 15 is 0 Å². The van der Waals surface area contributed by atoms with Gasteiger partial charge < -0.3 is 15.6 Å². The van der Waals surface area contributed by atoms with Crippen molar-refractivity contribution < 1.29 is 28.6 Å². The zero-order valence-corrected chi connectivity index (χ0v) is 27.3. The predicted molar refractivity (Wildman–Crippen MR) is 180 cm³/mol. The Morgan fingerprint density at radius 1 is 1.00 bits per heavy atom. The summed E-state index contributed by atoms with van der Waals surface area (Å²) in [5.74, 6) is -2.73. The summed E-state index contributed by atoms with van der Waals surface area (Å²) < 4.78 is 21.2. The molecule has 1 fully saturated rings. The van der Waals surface area contributed by atoms with Crippen LogP contribution in [-0.4, -0.2) is 33.1 Å². The van der Waals surface area contributed by atoms with Crippen molar-refractivity contribution in [1.82, 2.24) is 4.57 Å². The maximum Gasteiger partial charge on any atom is 0.417 e. The quantitative estimate of drug-likeness (QED) is 0.197. The maximum absolute atomic E-state index is 14.3. The number of benzene rings is 3. The molecule has 9 nitrogen and oxygen atoms in total. The molecule has 2 aliphatic heterocycles. The molecule has 2 unspecified atom stereocenters. The molecular weight excluding hydrogens is 613 g/mol. The fraction of sp³-hybridized carbons (Fsp3) is 0.316. The van der Waals surface area contributed by atoms with Crippen LogP contribution in [0.15, 0.2) is 83.7 Å². The van der Waals surface area contributed by atoms with E-state index in [1.54, 1.807) is 82.3 Å². The third kappa shape index (κ3) is 5.35. The minimum absolute atomic E-state index is 0.0108. The molecule has 1 amide bonds. The third-order valence-electron chi connectivity index (χ3n) is 9.33. The molecule has 3 heterocycles. The molecule has 0 radical (unpaired) electrons. The van der Waals surface area contributed by atoms with Crippen molar-refractivity contribution in [2.24, 2.45) is 5.92 Å². The van der Waals surface area contributed by atoms with E-state index in [1.807, 2.05) is 0 Å². The molecule has 1 saturated carbocycles. The van der Waals surface area contributed by atoms with Gasteiger partial charge in [0.1, 0.15) is 17.2 Å². The molecule has 3 N–H and O–H groups in total. The largest absolute Gasteiger partial charge is 0.481 e. The minimum atomic E-state index is -1.65. The van der Waals surface area contributed by atoms with Gasteiger partial charge >= 0.3 is 12.1 Å². The molecule has 0 spiro atoms. The summed E-state index contributed by atoms with van der Waals surface area (Å²) in [4.78, 5) is 55.6. The minimum Gasteiger partial charge on any atom is -0.481 e. The molecule has 10 heteroatoms. The number of aryl methyl sites for hydroxylation is 1. The van der Waals surface area contributed by atoms with Gasteiger partial charge in [-0.2, -0.15) is 0 Å². The molecule has 4 aromatic rings. The van der Waals surface area contributed by atoms with Crippen LogP contribution in [-0.2, 0) is 15.2 Å². The Morgan fingerprint density at radius 3 is 2.21 bits per heavy atom.